The first-order valence-electron chi connectivity index (χ1n) is 19.1. The molecule has 5 rings (SSSR count). The second-order valence-electron chi connectivity index (χ2n) is 10.9. The minimum absolute atomic E-state index is 0. The van der Waals surface area contributed by atoms with Gasteiger partial charge in [-0.25, -0.2) is 9.69 Å². The summed E-state index contributed by atoms with van der Waals surface area (Å²) in [6.45, 7) is 18.1. The maximum Gasteiger partial charge on any atom is 0.204 e. The fourth-order valence-corrected chi connectivity index (χ4v) is 5.37. The first-order chi connectivity index (χ1) is 29.1. The molecule has 0 spiro atoms. The summed E-state index contributed by atoms with van der Waals surface area (Å²) in [6, 6.07) is 30.0. The molecule has 0 saturated heterocycles. The molecule has 0 saturated carbocycles. The summed E-state index contributed by atoms with van der Waals surface area (Å²) >= 11 is 0. The molecular weight excluding hydrogens is 673 g/mol. The first-order valence-corrected chi connectivity index (χ1v) is 15.9. The highest BCUT2D eigenvalue weighted by atomic mass is 14.7. The van der Waals surface area contributed by atoms with E-state index in [-0.39, 0.29) is 57.7 Å². The van der Waals surface area contributed by atoms with Gasteiger partial charge in [-0.05, 0) is 38.9 Å². The highest BCUT2D eigenvalue weighted by Crippen LogP contribution is 2.38. The maximum atomic E-state index is 10.2. The number of nitrogens with zero attached hydrogens (tertiary/aromatic N) is 6. The smallest absolute Gasteiger partial charge is 0.204 e. The zero-order valence-corrected chi connectivity index (χ0v) is 28.5. The molecule has 0 heterocycles. The van der Waals surface area contributed by atoms with Gasteiger partial charge in [0, 0.05) is 11.1 Å². The van der Waals surface area contributed by atoms with Crippen LogP contribution in [0, 0.1) is 58.5 Å². The van der Waals surface area contributed by atoms with Crippen molar-refractivity contribution >= 4 is 66.1 Å². The van der Waals surface area contributed by atoms with Crippen molar-refractivity contribution in [3.05, 3.63) is 206 Å². The molecule has 6 heteroatoms. The van der Waals surface area contributed by atoms with Gasteiger partial charge in [0.15, 0.2) is 0 Å². The van der Waals surface area contributed by atoms with Crippen molar-refractivity contribution in [1.82, 2.24) is 0 Å². The second-order valence-corrected chi connectivity index (χ2v) is 10.9. The minimum Gasteiger partial charge on any atom is -0.237 e. The Hall–Kier alpha value is -8.52. The summed E-state index contributed by atoms with van der Waals surface area (Å²) in [6.07, 6.45) is 14.3. The third-order valence-corrected chi connectivity index (χ3v) is 7.91. The van der Waals surface area contributed by atoms with Crippen molar-refractivity contribution in [1.29, 1.82) is 21.0 Å². The van der Waals surface area contributed by atoms with Crippen LogP contribution in [0.4, 0.5) is 11.4 Å². The molecule has 6 nitrogen and oxygen atoms in total. The molecule has 0 aliphatic rings. The summed E-state index contributed by atoms with van der Waals surface area (Å²) in [7, 11) is 0. The monoisotopic (exact) mass is 712 g/mol. The SMILES string of the molecule is C.[2H]C=Cc1c(C#N)c(C=C[2H])c([N+]#[C-])c(C=C[2H])c1C#N.[2H]c1ccc(/C=C/c2c(C#N)c(/C=C/c3ccc([2H])cc3)c([N+]#[C-])c(/C=C/c3ccc([2H])cc3)c2C#N)cc1. The molecule has 0 aliphatic heterocycles. The second kappa shape index (κ2) is 20.4. The molecule has 0 radical (unpaired) electrons. The van der Waals surface area contributed by atoms with Crippen molar-refractivity contribution in [2.24, 2.45) is 0 Å². The zero-order chi connectivity index (χ0) is 43.6. The molecule has 0 amide bonds. The number of rotatable bonds is 9. The van der Waals surface area contributed by atoms with Crippen molar-refractivity contribution in [3.63, 3.8) is 0 Å². The molecule has 55 heavy (non-hydrogen) atoms. The molecule has 0 aliphatic carbocycles. The number of benzene rings is 5. The van der Waals surface area contributed by atoms with Crippen LogP contribution >= 0.6 is 0 Å². The highest BCUT2D eigenvalue weighted by Gasteiger charge is 2.21. The van der Waals surface area contributed by atoms with Crippen LogP contribution in [-0.2, 0) is 0 Å². The maximum absolute atomic E-state index is 10.2. The van der Waals surface area contributed by atoms with E-state index in [0.29, 0.717) is 34.8 Å². The Morgan fingerprint density at radius 3 is 1.07 bits per heavy atom. The Morgan fingerprint density at radius 1 is 0.473 bits per heavy atom. The van der Waals surface area contributed by atoms with E-state index in [1.807, 2.05) is 12.1 Å². The Kier molecular flexibility index (Phi) is 12.0. The van der Waals surface area contributed by atoms with Gasteiger partial charge in [0.25, 0.3) is 0 Å². The molecule has 0 atom stereocenters. The number of hydrogen-bond acceptors (Lipinski definition) is 4. The molecule has 0 fully saturated rings. The van der Waals surface area contributed by atoms with E-state index in [0.717, 1.165) is 36.4 Å². The Morgan fingerprint density at radius 2 is 0.764 bits per heavy atom. The van der Waals surface area contributed by atoms with Crippen molar-refractivity contribution in [3.8, 4) is 24.3 Å². The van der Waals surface area contributed by atoms with E-state index in [9.17, 15) is 21.0 Å². The molecule has 0 N–H and O–H groups in total. The predicted molar refractivity (Wildman–Crippen MR) is 227 cm³/mol. The van der Waals surface area contributed by atoms with Gasteiger partial charge in [-0.1, -0.05) is 173 Å². The predicted octanol–water partition coefficient (Wildman–Crippen LogP) is 13.0. The van der Waals surface area contributed by atoms with Gasteiger partial charge in [0.05, 0.1) is 67.9 Å². The van der Waals surface area contributed by atoms with Gasteiger partial charge in [0.1, 0.15) is 0 Å². The van der Waals surface area contributed by atoms with E-state index in [4.69, 9.17) is 21.4 Å². The summed E-state index contributed by atoms with van der Waals surface area (Å²) < 4.78 is 44.6. The van der Waals surface area contributed by atoms with Crippen LogP contribution in [0.3, 0.4) is 0 Å². The molecule has 5 aromatic carbocycles. The van der Waals surface area contributed by atoms with Gasteiger partial charge in [-0.3, -0.25) is 0 Å². The van der Waals surface area contributed by atoms with Crippen molar-refractivity contribution in [2.45, 2.75) is 7.43 Å². The molecular formula is C49H34N6. The summed E-state index contributed by atoms with van der Waals surface area (Å²) in [5, 5.41) is 39.0. The van der Waals surface area contributed by atoms with Gasteiger partial charge >= 0.3 is 0 Å². The van der Waals surface area contributed by atoms with Crippen LogP contribution in [0.15, 0.2) is 111 Å². The topological polar surface area (TPSA) is 104 Å². The summed E-state index contributed by atoms with van der Waals surface area (Å²) in [4.78, 5) is 7.08. The standard InChI is InChI=1S/C33H21N3.C15H9N3.CH4/c1-36-33-29(21-18-26-13-7-3-8-14-26)31(23-34)28(20-17-25-11-5-2-6-12-25)32(24-35)30(33)22-19-27-15-9-4-10-16-27;1-5-10-13(8-16)11(6-2)15(18-4)12(7-3)14(10)9-17;/h2-22H;5-7H,1-3H2;1H4/b20-17+,21-18+,22-19+;;/i2D,3D,4D;1D,2D,3D;. The molecule has 0 unspecified atom stereocenters. The van der Waals surface area contributed by atoms with Crippen LogP contribution in [0.2, 0.25) is 0 Å². The lowest BCUT2D eigenvalue weighted by Gasteiger charge is -2.13. The Bertz CT molecular complexity index is 2510. The Labute approximate surface area is 332 Å². The first kappa shape index (κ1) is 32.4. The van der Waals surface area contributed by atoms with Crippen molar-refractivity contribution in [2.75, 3.05) is 0 Å². The average molecular weight is 713 g/mol. The van der Waals surface area contributed by atoms with Gasteiger partial charge in [-0.2, -0.15) is 21.0 Å². The lowest BCUT2D eigenvalue weighted by atomic mass is 9.89. The van der Waals surface area contributed by atoms with Crippen LogP contribution in [-0.4, -0.2) is 0 Å². The van der Waals surface area contributed by atoms with Gasteiger partial charge in [-0.15, -0.1) is 0 Å². The van der Waals surface area contributed by atoms with Crippen LogP contribution in [0.25, 0.3) is 64.4 Å². The number of nitriles is 4. The average Bonchev–Trinajstić information content (AvgIpc) is 3.26. The van der Waals surface area contributed by atoms with Gasteiger partial charge < -0.3 is 0 Å². The van der Waals surface area contributed by atoms with E-state index in [2.05, 4.69) is 21.8 Å². The van der Waals surface area contributed by atoms with Crippen LogP contribution in [0.1, 0.15) is 88.0 Å². The van der Waals surface area contributed by atoms with Crippen molar-refractivity contribution < 1.29 is 8.22 Å². The molecule has 0 bridgehead atoms. The normalized spacial score (nSPS) is 12.1. The van der Waals surface area contributed by atoms with Crippen LogP contribution < -0.4 is 0 Å². The van der Waals surface area contributed by atoms with E-state index in [1.165, 1.54) is 18.2 Å². The third-order valence-electron chi connectivity index (χ3n) is 7.91. The third kappa shape index (κ3) is 9.24. The lowest BCUT2D eigenvalue weighted by Crippen LogP contribution is -1.98. The molecule has 5 aromatic rings. The fourth-order valence-electron chi connectivity index (χ4n) is 5.37. The Balaban J connectivity index is 0.000000383. The number of hydrogen-bond donors (Lipinski definition) is 0. The summed E-state index contributed by atoms with van der Waals surface area (Å²) in [5.74, 6) is 0. The zero-order valence-electron chi connectivity index (χ0n) is 34.5. The van der Waals surface area contributed by atoms with Gasteiger partial charge in [0.2, 0.25) is 11.4 Å². The van der Waals surface area contributed by atoms with E-state index in [1.54, 1.807) is 109 Å². The largest absolute Gasteiger partial charge is 0.237 e. The minimum atomic E-state index is 0. The van der Waals surface area contributed by atoms with Crippen LogP contribution in [0.5, 0.6) is 0 Å². The molecule has 0 aromatic heterocycles. The fraction of sp³-hybridized carbons (Fsp3) is 0.0204. The molecule has 260 valence electrons. The van der Waals surface area contributed by atoms with E-state index < -0.39 is 0 Å². The lowest BCUT2D eigenvalue weighted by molar-refractivity contribution is 1.41. The highest BCUT2D eigenvalue weighted by molar-refractivity contribution is 5.95. The quantitative estimate of drug-likeness (QED) is 0.112. The summed E-state index contributed by atoms with van der Waals surface area (Å²) in [5.41, 5.74) is 4.96. The van der Waals surface area contributed by atoms with E-state index >= 15 is 0 Å².